The van der Waals surface area contributed by atoms with E-state index in [1.54, 1.807) is 36.5 Å². The van der Waals surface area contributed by atoms with Crippen molar-refractivity contribution >= 4 is 22.8 Å². The quantitative estimate of drug-likeness (QED) is 0.266. The van der Waals surface area contributed by atoms with Gasteiger partial charge in [-0.3, -0.25) is 9.59 Å². The molecular weight excluding hydrogens is 477 g/mol. The van der Waals surface area contributed by atoms with Crippen molar-refractivity contribution in [1.29, 1.82) is 0 Å². The molecule has 1 aromatic heterocycles. The van der Waals surface area contributed by atoms with Crippen molar-refractivity contribution < 1.29 is 32.9 Å². The van der Waals surface area contributed by atoms with Crippen LogP contribution in [-0.4, -0.2) is 29.8 Å². The molecule has 0 aliphatic carbocycles. The Morgan fingerprint density at radius 1 is 0.973 bits per heavy atom. The summed E-state index contributed by atoms with van der Waals surface area (Å²) in [5, 5.41) is 0.864. The average molecular weight is 504 g/mol. The van der Waals surface area contributed by atoms with Crippen molar-refractivity contribution in [3.05, 3.63) is 95.4 Å². The summed E-state index contributed by atoms with van der Waals surface area (Å²) < 4.78 is 36.0. The fraction of sp³-hybridized carbons (Fsp3) is 0.241. The summed E-state index contributed by atoms with van der Waals surface area (Å²) in [5.74, 6) is -4.14. The van der Waals surface area contributed by atoms with Crippen molar-refractivity contribution in [3.8, 4) is 11.5 Å². The van der Waals surface area contributed by atoms with E-state index in [1.165, 1.54) is 33.1 Å². The van der Waals surface area contributed by atoms with Gasteiger partial charge in [-0.1, -0.05) is 36.4 Å². The van der Waals surface area contributed by atoms with Gasteiger partial charge in [0.15, 0.2) is 17.4 Å². The molecule has 8 heteroatoms. The number of benzene rings is 3. The normalized spacial score (nSPS) is 16.2. The Morgan fingerprint density at radius 2 is 1.73 bits per heavy atom. The van der Waals surface area contributed by atoms with Gasteiger partial charge in [-0.2, -0.15) is 0 Å². The van der Waals surface area contributed by atoms with E-state index >= 15 is 0 Å². The number of aromatic nitrogens is 1. The molecule has 37 heavy (non-hydrogen) atoms. The van der Waals surface area contributed by atoms with Gasteiger partial charge >= 0.3 is 11.9 Å². The SMILES string of the molecule is COc1cc([C@H](c2c[nH]c3ccccc23)C2C(=O)OC(C)(C)OC2=O)ccc1OCc1cccc(F)c1. The van der Waals surface area contributed by atoms with Gasteiger partial charge in [0.25, 0.3) is 5.79 Å². The molecule has 0 saturated carbocycles. The highest BCUT2D eigenvalue weighted by Crippen LogP contribution is 2.43. The average Bonchev–Trinajstić information content (AvgIpc) is 3.28. The molecular formula is C29H26FNO6. The van der Waals surface area contributed by atoms with E-state index in [0.717, 1.165) is 16.5 Å². The number of rotatable bonds is 7. The maximum absolute atomic E-state index is 13.6. The van der Waals surface area contributed by atoms with Gasteiger partial charge in [0.2, 0.25) is 0 Å². The van der Waals surface area contributed by atoms with Gasteiger partial charge in [-0.05, 0) is 47.0 Å². The van der Waals surface area contributed by atoms with Crippen molar-refractivity contribution in [2.75, 3.05) is 7.11 Å². The van der Waals surface area contributed by atoms with E-state index < -0.39 is 29.6 Å². The maximum Gasteiger partial charge on any atom is 0.324 e. The lowest BCUT2D eigenvalue weighted by Gasteiger charge is -2.36. The van der Waals surface area contributed by atoms with Crippen molar-refractivity contribution in [3.63, 3.8) is 0 Å². The Morgan fingerprint density at radius 3 is 2.46 bits per heavy atom. The van der Waals surface area contributed by atoms with Crippen LogP contribution in [0.5, 0.6) is 11.5 Å². The van der Waals surface area contributed by atoms with E-state index in [1.807, 2.05) is 24.3 Å². The first-order chi connectivity index (χ1) is 17.8. The largest absolute Gasteiger partial charge is 0.493 e. The predicted molar refractivity (Wildman–Crippen MR) is 134 cm³/mol. The number of nitrogens with one attached hydrogen (secondary N) is 1. The Labute approximate surface area is 213 Å². The summed E-state index contributed by atoms with van der Waals surface area (Å²) in [4.78, 5) is 29.5. The second kappa shape index (κ2) is 9.61. The van der Waals surface area contributed by atoms with Gasteiger partial charge in [-0.25, -0.2) is 4.39 Å². The zero-order chi connectivity index (χ0) is 26.2. The fourth-order valence-corrected chi connectivity index (χ4v) is 4.69. The number of halogens is 1. The van der Waals surface area contributed by atoms with Gasteiger partial charge in [-0.15, -0.1) is 0 Å². The molecule has 1 atom stereocenters. The molecule has 7 nitrogen and oxygen atoms in total. The molecule has 1 N–H and O–H groups in total. The Bertz CT molecular complexity index is 1460. The van der Waals surface area contributed by atoms with Gasteiger partial charge < -0.3 is 23.9 Å². The third kappa shape index (κ3) is 4.87. The van der Waals surface area contributed by atoms with Crippen LogP contribution in [0.2, 0.25) is 0 Å². The van der Waals surface area contributed by atoms with E-state index in [9.17, 15) is 14.0 Å². The summed E-state index contributed by atoms with van der Waals surface area (Å²) >= 11 is 0. The van der Waals surface area contributed by atoms with Gasteiger partial charge in [0.05, 0.1) is 7.11 Å². The lowest BCUT2D eigenvalue weighted by molar-refractivity contribution is -0.240. The molecule has 3 aromatic carbocycles. The molecule has 0 unspecified atom stereocenters. The molecule has 2 heterocycles. The molecule has 4 aromatic rings. The van der Waals surface area contributed by atoms with Crippen LogP contribution in [0.4, 0.5) is 4.39 Å². The molecule has 1 aliphatic heterocycles. The van der Waals surface area contributed by atoms with Gasteiger partial charge in [0, 0.05) is 36.9 Å². The number of fused-ring (bicyclic) bond motifs is 1. The number of ether oxygens (including phenoxy) is 4. The summed E-state index contributed by atoms with van der Waals surface area (Å²) in [7, 11) is 1.50. The van der Waals surface area contributed by atoms with Crippen molar-refractivity contribution in [2.45, 2.75) is 32.2 Å². The van der Waals surface area contributed by atoms with Crippen LogP contribution < -0.4 is 9.47 Å². The lowest BCUT2D eigenvalue weighted by Crippen LogP contribution is -2.48. The molecule has 0 amide bonds. The monoisotopic (exact) mass is 503 g/mol. The minimum absolute atomic E-state index is 0.135. The fourth-order valence-electron chi connectivity index (χ4n) is 4.69. The van der Waals surface area contributed by atoms with E-state index in [4.69, 9.17) is 18.9 Å². The second-order valence-electron chi connectivity index (χ2n) is 9.32. The molecule has 0 radical (unpaired) electrons. The van der Waals surface area contributed by atoms with Crippen LogP contribution in [-0.2, 0) is 25.7 Å². The van der Waals surface area contributed by atoms with Crippen LogP contribution in [0.15, 0.2) is 72.9 Å². The number of esters is 2. The first-order valence-corrected chi connectivity index (χ1v) is 11.8. The number of para-hydroxylation sites is 1. The summed E-state index contributed by atoms with van der Waals surface area (Å²) in [5.41, 5.74) is 2.91. The highest BCUT2D eigenvalue weighted by molar-refractivity contribution is 5.99. The summed E-state index contributed by atoms with van der Waals surface area (Å²) in [6.45, 7) is 3.18. The summed E-state index contributed by atoms with van der Waals surface area (Å²) in [6, 6.07) is 19.0. The Kier molecular flexibility index (Phi) is 6.33. The number of hydrogen-bond donors (Lipinski definition) is 1. The zero-order valence-corrected chi connectivity index (χ0v) is 20.6. The van der Waals surface area contributed by atoms with Crippen LogP contribution >= 0.6 is 0 Å². The zero-order valence-electron chi connectivity index (χ0n) is 20.6. The minimum Gasteiger partial charge on any atom is -0.493 e. The topological polar surface area (TPSA) is 86.9 Å². The first kappa shape index (κ1) is 24.4. The second-order valence-corrected chi connectivity index (χ2v) is 9.32. The van der Waals surface area contributed by atoms with Crippen LogP contribution in [0.1, 0.15) is 36.5 Å². The first-order valence-electron chi connectivity index (χ1n) is 11.8. The number of cyclic esters (lactones) is 2. The smallest absolute Gasteiger partial charge is 0.324 e. The van der Waals surface area contributed by atoms with Crippen LogP contribution in [0.25, 0.3) is 10.9 Å². The molecule has 1 aliphatic rings. The number of H-pyrrole nitrogens is 1. The molecule has 1 saturated heterocycles. The number of aromatic amines is 1. The maximum atomic E-state index is 13.6. The number of carbonyl (C=O) groups is 2. The van der Waals surface area contributed by atoms with E-state index in [0.29, 0.717) is 22.6 Å². The molecule has 0 spiro atoms. The molecule has 5 rings (SSSR count). The third-order valence-corrected chi connectivity index (χ3v) is 6.32. The molecule has 0 bridgehead atoms. The van der Waals surface area contributed by atoms with E-state index in [-0.39, 0.29) is 12.4 Å². The van der Waals surface area contributed by atoms with Crippen molar-refractivity contribution in [2.24, 2.45) is 5.92 Å². The molecule has 1 fully saturated rings. The van der Waals surface area contributed by atoms with Crippen LogP contribution in [0, 0.1) is 11.7 Å². The number of methoxy groups -OCH3 is 1. The Hall–Kier alpha value is -4.33. The predicted octanol–water partition coefficient (Wildman–Crippen LogP) is 5.48. The van der Waals surface area contributed by atoms with E-state index in [2.05, 4.69) is 4.98 Å². The van der Waals surface area contributed by atoms with Gasteiger partial charge in [0.1, 0.15) is 12.4 Å². The standard InChI is InChI=1S/C29H26FNO6/c1-29(2)36-27(32)26(28(33)37-29)25(21-15-31-22-10-5-4-9-20(21)22)18-11-12-23(24(14-18)34-3)35-16-17-7-6-8-19(30)13-17/h4-15,25-26,31H,16H2,1-3H3/t25-/m1/s1. The minimum atomic E-state index is -1.35. The van der Waals surface area contributed by atoms with Crippen LogP contribution in [0.3, 0.4) is 0 Å². The van der Waals surface area contributed by atoms with Crippen molar-refractivity contribution in [1.82, 2.24) is 4.98 Å². The highest BCUT2D eigenvalue weighted by Gasteiger charge is 2.48. The third-order valence-electron chi connectivity index (χ3n) is 6.32. The summed E-state index contributed by atoms with van der Waals surface area (Å²) in [6.07, 6.45) is 1.79. The Balaban J connectivity index is 1.55. The highest BCUT2D eigenvalue weighted by atomic mass is 19.1. The number of carbonyl (C=O) groups excluding carboxylic acids is 2. The number of hydrogen-bond acceptors (Lipinski definition) is 6. The molecule has 190 valence electrons. The lowest BCUT2D eigenvalue weighted by atomic mass is 9.80.